The van der Waals surface area contributed by atoms with Gasteiger partial charge < -0.3 is 10.3 Å². The number of H-pyrrole nitrogens is 1. The molecule has 0 aliphatic rings. The van der Waals surface area contributed by atoms with Gasteiger partial charge in [-0.1, -0.05) is 0 Å². The molecule has 0 atom stereocenters. The molecule has 1 aromatic rings. The van der Waals surface area contributed by atoms with Crippen LogP contribution in [0.4, 0.5) is 13.2 Å². The highest BCUT2D eigenvalue weighted by Crippen LogP contribution is 2.30. The van der Waals surface area contributed by atoms with Gasteiger partial charge in [-0.05, 0) is 19.3 Å². The van der Waals surface area contributed by atoms with Gasteiger partial charge in [0.15, 0.2) is 11.9 Å². The van der Waals surface area contributed by atoms with E-state index in [1.54, 1.807) is 6.19 Å². The SMILES string of the molecule is CN=C(NC#N)NCCCCc1[nH]cnc1C(F)(F)F. The van der Waals surface area contributed by atoms with Crippen LogP contribution in [0.3, 0.4) is 0 Å². The molecule has 3 N–H and O–H groups in total. The Hall–Kier alpha value is -2.24. The number of rotatable bonds is 5. The lowest BCUT2D eigenvalue weighted by Gasteiger charge is -2.08. The first kappa shape index (κ1) is 15.8. The van der Waals surface area contributed by atoms with Crippen LogP contribution in [0.25, 0.3) is 0 Å². The molecule has 1 heterocycles. The third kappa shape index (κ3) is 4.79. The normalized spacial score (nSPS) is 12.1. The Morgan fingerprint density at radius 3 is 2.85 bits per heavy atom. The molecule has 0 aliphatic carbocycles. The summed E-state index contributed by atoms with van der Waals surface area (Å²) >= 11 is 0. The van der Waals surface area contributed by atoms with Crippen molar-refractivity contribution in [2.75, 3.05) is 13.6 Å². The third-order valence-electron chi connectivity index (χ3n) is 2.53. The number of hydrogen-bond acceptors (Lipinski definition) is 3. The molecule has 0 aromatic carbocycles. The molecule has 0 bridgehead atoms. The number of unbranched alkanes of at least 4 members (excludes halogenated alkanes) is 1. The second-order valence-electron chi connectivity index (χ2n) is 3.92. The van der Waals surface area contributed by atoms with Gasteiger partial charge in [0.25, 0.3) is 0 Å². The van der Waals surface area contributed by atoms with Crippen molar-refractivity contribution in [2.45, 2.75) is 25.4 Å². The van der Waals surface area contributed by atoms with E-state index in [-0.39, 0.29) is 12.1 Å². The molecule has 9 heteroatoms. The Labute approximate surface area is 114 Å². The summed E-state index contributed by atoms with van der Waals surface area (Å²) in [6, 6.07) is 0. The van der Waals surface area contributed by atoms with Crippen LogP contribution in [0.15, 0.2) is 11.3 Å². The number of aryl methyl sites for hydroxylation is 1. The fraction of sp³-hybridized carbons (Fsp3) is 0.545. The van der Waals surface area contributed by atoms with Crippen molar-refractivity contribution in [3.05, 3.63) is 17.7 Å². The molecule has 0 saturated heterocycles. The Kier molecular flexibility index (Phi) is 5.83. The number of alkyl halides is 3. The number of halogens is 3. The first-order valence-electron chi connectivity index (χ1n) is 5.94. The number of aliphatic imine (C=N–C) groups is 1. The molecule has 0 unspecified atom stereocenters. The van der Waals surface area contributed by atoms with Gasteiger partial charge in [-0.2, -0.15) is 18.4 Å². The number of nitrogens with one attached hydrogen (secondary N) is 3. The number of hydrogen-bond donors (Lipinski definition) is 3. The van der Waals surface area contributed by atoms with E-state index in [9.17, 15) is 13.2 Å². The lowest BCUT2D eigenvalue weighted by atomic mass is 10.1. The van der Waals surface area contributed by atoms with Gasteiger partial charge in [0.05, 0.1) is 6.33 Å². The van der Waals surface area contributed by atoms with Crippen LogP contribution in [0.1, 0.15) is 24.2 Å². The van der Waals surface area contributed by atoms with E-state index in [2.05, 4.69) is 25.6 Å². The van der Waals surface area contributed by atoms with Crippen LogP contribution in [0, 0.1) is 11.5 Å². The molecule has 0 fully saturated rings. The standard InChI is InChI=1S/C11H15F3N6/c1-16-10(18-6-15)17-5-3-2-4-8-9(11(12,13)14)20-7-19-8/h7H,2-5H2,1H3,(H,19,20)(H2,16,17,18). The number of aromatic nitrogens is 2. The van der Waals surface area contributed by atoms with Crippen LogP contribution in [-0.2, 0) is 12.6 Å². The van der Waals surface area contributed by atoms with E-state index in [4.69, 9.17) is 5.26 Å². The molecule has 110 valence electrons. The number of nitrogens with zero attached hydrogens (tertiary/aromatic N) is 3. The van der Waals surface area contributed by atoms with E-state index < -0.39 is 11.9 Å². The molecule has 0 amide bonds. The highest BCUT2D eigenvalue weighted by Gasteiger charge is 2.35. The number of aromatic amines is 1. The minimum atomic E-state index is -4.42. The van der Waals surface area contributed by atoms with Gasteiger partial charge in [0, 0.05) is 19.3 Å². The zero-order valence-corrected chi connectivity index (χ0v) is 10.9. The van der Waals surface area contributed by atoms with Gasteiger partial charge in [0.2, 0.25) is 5.96 Å². The highest BCUT2D eigenvalue weighted by atomic mass is 19.4. The number of nitriles is 1. The maximum Gasteiger partial charge on any atom is 0.435 e. The molecular weight excluding hydrogens is 273 g/mol. The number of imidazole rings is 1. The Balaban J connectivity index is 2.32. The van der Waals surface area contributed by atoms with E-state index in [1.807, 2.05) is 0 Å². The summed E-state index contributed by atoms with van der Waals surface area (Å²) in [7, 11) is 1.52. The Morgan fingerprint density at radius 2 is 2.25 bits per heavy atom. The Morgan fingerprint density at radius 1 is 1.50 bits per heavy atom. The smallest absolute Gasteiger partial charge is 0.356 e. The van der Waals surface area contributed by atoms with Crippen molar-refractivity contribution in [1.82, 2.24) is 20.6 Å². The Bertz CT molecular complexity index is 485. The van der Waals surface area contributed by atoms with E-state index >= 15 is 0 Å². The monoisotopic (exact) mass is 288 g/mol. The number of guanidine groups is 1. The summed E-state index contributed by atoms with van der Waals surface area (Å²) in [6.45, 7) is 0.511. The second kappa shape index (κ2) is 7.37. The summed E-state index contributed by atoms with van der Waals surface area (Å²) in [5, 5.41) is 13.6. The summed E-state index contributed by atoms with van der Waals surface area (Å²) < 4.78 is 37.6. The van der Waals surface area contributed by atoms with Crippen LogP contribution < -0.4 is 10.6 Å². The fourth-order valence-electron chi connectivity index (χ4n) is 1.62. The van der Waals surface area contributed by atoms with Crippen molar-refractivity contribution < 1.29 is 13.2 Å². The van der Waals surface area contributed by atoms with Gasteiger partial charge in [-0.15, -0.1) is 0 Å². The maximum absolute atomic E-state index is 12.5. The largest absolute Gasteiger partial charge is 0.435 e. The van der Waals surface area contributed by atoms with Crippen molar-refractivity contribution in [1.29, 1.82) is 5.26 Å². The lowest BCUT2D eigenvalue weighted by Crippen LogP contribution is -2.34. The quantitative estimate of drug-likeness (QED) is 0.251. The molecule has 1 aromatic heterocycles. The van der Waals surface area contributed by atoms with Crippen LogP contribution in [0.5, 0.6) is 0 Å². The lowest BCUT2D eigenvalue weighted by molar-refractivity contribution is -0.141. The summed E-state index contributed by atoms with van der Waals surface area (Å²) in [6.07, 6.45) is -0.186. The van der Waals surface area contributed by atoms with E-state index in [0.29, 0.717) is 25.3 Å². The average Bonchev–Trinajstić information content (AvgIpc) is 2.85. The minimum absolute atomic E-state index is 0.0945. The van der Waals surface area contributed by atoms with Crippen molar-refractivity contribution >= 4 is 5.96 Å². The summed E-state index contributed by atoms with van der Waals surface area (Å²) in [4.78, 5) is 9.58. The third-order valence-corrected chi connectivity index (χ3v) is 2.53. The van der Waals surface area contributed by atoms with Crippen LogP contribution in [0.2, 0.25) is 0 Å². The fourth-order valence-corrected chi connectivity index (χ4v) is 1.62. The topological polar surface area (TPSA) is 88.9 Å². The van der Waals surface area contributed by atoms with E-state index in [1.165, 1.54) is 7.05 Å². The molecule has 0 spiro atoms. The van der Waals surface area contributed by atoms with Gasteiger partial charge in [0.1, 0.15) is 0 Å². The second-order valence-corrected chi connectivity index (χ2v) is 3.92. The molecule has 0 radical (unpaired) electrons. The average molecular weight is 288 g/mol. The molecular formula is C11H15F3N6. The van der Waals surface area contributed by atoms with Gasteiger partial charge in [-0.25, -0.2) is 4.98 Å². The van der Waals surface area contributed by atoms with Crippen molar-refractivity contribution in [3.8, 4) is 6.19 Å². The van der Waals surface area contributed by atoms with Crippen molar-refractivity contribution in [2.24, 2.45) is 4.99 Å². The zero-order valence-electron chi connectivity index (χ0n) is 10.9. The van der Waals surface area contributed by atoms with E-state index in [0.717, 1.165) is 6.33 Å². The predicted octanol–water partition coefficient (Wildman–Crippen LogP) is 1.40. The van der Waals surface area contributed by atoms with Crippen LogP contribution >= 0.6 is 0 Å². The first-order valence-corrected chi connectivity index (χ1v) is 5.94. The first-order chi connectivity index (χ1) is 9.49. The molecule has 0 saturated carbocycles. The van der Waals surface area contributed by atoms with Gasteiger partial charge in [-0.3, -0.25) is 10.3 Å². The highest BCUT2D eigenvalue weighted by molar-refractivity contribution is 5.80. The zero-order chi connectivity index (χ0) is 15.0. The summed E-state index contributed by atoms with van der Waals surface area (Å²) in [5.74, 6) is 0.338. The van der Waals surface area contributed by atoms with Crippen molar-refractivity contribution in [3.63, 3.8) is 0 Å². The molecule has 0 aliphatic heterocycles. The molecule has 20 heavy (non-hydrogen) atoms. The molecule has 6 nitrogen and oxygen atoms in total. The maximum atomic E-state index is 12.5. The van der Waals surface area contributed by atoms with Crippen LogP contribution in [-0.4, -0.2) is 29.5 Å². The minimum Gasteiger partial charge on any atom is -0.356 e. The van der Waals surface area contributed by atoms with Gasteiger partial charge >= 0.3 is 6.18 Å². The molecule has 1 rings (SSSR count). The predicted molar refractivity (Wildman–Crippen MR) is 66.6 cm³/mol. The summed E-state index contributed by atoms with van der Waals surface area (Å²) in [5.41, 5.74) is -0.760.